The first-order valence-electron chi connectivity index (χ1n) is 9.27. The smallest absolute Gasteiger partial charge is 0.337 e. The summed E-state index contributed by atoms with van der Waals surface area (Å²) in [5.41, 5.74) is -0.430. The van der Waals surface area contributed by atoms with E-state index in [2.05, 4.69) is 4.72 Å². The summed E-state index contributed by atoms with van der Waals surface area (Å²) >= 11 is 0. The molecule has 0 bridgehead atoms. The largest absolute Gasteiger partial charge is 0.467 e. The van der Waals surface area contributed by atoms with Crippen LogP contribution in [0.4, 0.5) is 4.39 Å². The van der Waals surface area contributed by atoms with Crippen LogP contribution in [0.2, 0.25) is 0 Å². The van der Waals surface area contributed by atoms with E-state index in [0.717, 1.165) is 5.56 Å². The van der Waals surface area contributed by atoms with Crippen LogP contribution in [0.1, 0.15) is 38.8 Å². The topological polar surface area (TPSA) is 64.6 Å². The van der Waals surface area contributed by atoms with E-state index < -0.39 is 39.2 Å². The van der Waals surface area contributed by atoms with Gasteiger partial charge in [0, 0.05) is 5.56 Å². The molecule has 29 heavy (non-hydrogen) atoms. The minimum absolute atomic E-state index is 0.106. The lowest BCUT2D eigenvalue weighted by molar-refractivity contribution is -0.161. The highest BCUT2D eigenvalue weighted by Gasteiger charge is 2.46. The Hall–Kier alpha value is -2.09. The number of nitrogens with one attached hydrogen (secondary N) is 1. The van der Waals surface area contributed by atoms with Crippen molar-refractivity contribution in [2.24, 2.45) is 0 Å². The fourth-order valence-corrected chi connectivity index (χ4v) is 3.72. The highest BCUT2D eigenvalue weighted by molar-refractivity contribution is 7.84. The molecule has 2 aromatic carbocycles. The van der Waals surface area contributed by atoms with Crippen LogP contribution in [0, 0.1) is 5.82 Å². The predicted octanol–water partition coefficient (Wildman–Crippen LogP) is 3.85. The second-order valence-electron chi connectivity index (χ2n) is 7.87. The van der Waals surface area contributed by atoms with Gasteiger partial charge in [-0.3, -0.25) is 0 Å². The molecule has 0 amide bonds. The van der Waals surface area contributed by atoms with E-state index in [1.165, 1.54) is 13.2 Å². The number of rotatable bonds is 8. The van der Waals surface area contributed by atoms with Crippen LogP contribution in [-0.4, -0.2) is 28.1 Å². The predicted molar refractivity (Wildman–Crippen MR) is 112 cm³/mol. The van der Waals surface area contributed by atoms with Crippen LogP contribution >= 0.6 is 0 Å². The lowest BCUT2D eigenvalue weighted by Gasteiger charge is -2.38. The van der Waals surface area contributed by atoms with Crippen molar-refractivity contribution < 1.29 is 22.9 Å². The molecule has 0 saturated heterocycles. The molecular formula is C22H28FNO4S. The van der Waals surface area contributed by atoms with Crippen LogP contribution < -0.4 is 4.72 Å². The fraction of sp³-hybridized carbons (Fsp3) is 0.409. The molecule has 1 N–H and O–H groups in total. The van der Waals surface area contributed by atoms with Crippen molar-refractivity contribution in [2.45, 2.75) is 50.7 Å². The van der Waals surface area contributed by atoms with E-state index in [1.807, 2.05) is 30.3 Å². The molecule has 3 atom stereocenters. The van der Waals surface area contributed by atoms with Gasteiger partial charge in [-0.2, -0.15) is 0 Å². The van der Waals surface area contributed by atoms with E-state index in [-0.39, 0.29) is 12.2 Å². The van der Waals surface area contributed by atoms with Gasteiger partial charge >= 0.3 is 5.97 Å². The molecule has 158 valence electrons. The monoisotopic (exact) mass is 421 g/mol. The number of carbonyl (C=O) groups excluding carboxylic acids is 1. The Morgan fingerprint density at radius 2 is 1.66 bits per heavy atom. The molecular weight excluding hydrogens is 393 g/mol. The van der Waals surface area contributed by atoms with Crippen LogP contribution in [0.3, 0.4) is 0 Å². The standard InChI is InChI=1S/C22H28FNO4S/c1-21(2,3)29(26)24-22(4,17-13-9-10-14-18(17)23)19(20(25)27-5)28-15-16-11-7-6-8-12-16/h6-14,19,24H,15H2,1-5H3. The zero-order chi connectivity index (χ0) is 21.7. The van der Waals surface area contributed by atoms with Gasteiger partial charge in [-0.15, -0.1) is 0 Å². The molecule has 0 radical (unpaired) electrons. The molecule has 5 nitrogen and oxygen atoms in total. The molecule has 0 aliphatic heterocycles. The number of esters is 1. The zero-order valence-corrected chi connectivity index (χ0v) is 18.2. The van der Waals surface area contributed by atoms with Crippen LogP contribution in [0.25, 0.3) is 0 Å². The van der Waals surface area contributed by atoms with Crippen LogP contribution in [0.5, 0.6) is 0 Å². The summed E-state index contributed by atoms with van der Waals surface area (Å²) in [7, 11) is -0.367. The van der Waals surface area contributed by atoms with Crippen LogP contribution in [0.15, 0.2) is 54.6 Å². The maximum absolute atomic E-state index is 14.8. The van der Waals surface area contributed by atoms with Crippen molar-refractivity contribution >= 4 is 17.0 Å². The van der Waals surface area contributed by atoms with Crippen molar-refractivity contribution in [3.05, 3.63) is 71.5 Å². The zero-order valence-electron chi connectivity index (χ0n) is 17.4. The third-order valence-electron chi connectivity index (χ3n) is 4.49. The Morgan fingerprint density at radius 1 is 1.07 bits per heavy atom. The Bertz CT molecular complexity index is 853. The molecule has 7 heteroatoms. The number of hydrogen-bond acceptors (Lipinski definition) is 4. The molecule has 0 aromatic heterocycles. The summed E-state index contributed by atoms with van der Waals surface area (Å²) in [6, 6.07) is 15.3. The van der Waals surface area contributed by atoms with E-state index in [1.54, 1.807) is 45.9 Å². The first kappa shape index (κ1) is 23.2. The van der Waals surface area contributed by atoms with Gasteiger partial charge < -0.3 is 9.47 Å². The van der Waals surface area contributed by atoms with Crippen LogP contribution in [-0.2, 0) is 37.4 Å². The number of methoxy groups -OCH3 is 1. The van der Waals surface area contributed by atoms with Crippen molar-refractivity contribution in [3.63, 3.8) is 0 Å². The molecule has 0 fully saturated rings. The maximum Gasteiger partial charge on any atom is 0.337 e. The fourth-order valence-electron chi connectivity index (χ4n) is 2.81. The van der Waals surface area contributed by atoms with Crippen molar-refractivity contribution in [1.82, 2.24) is 4.72 Å². The minimum Gasteiger partial charge on any atom is -0.467 e. The number of benzene rings is 2. The summed E-state index contributed by atoms with van der Waals surface area (Å²) < 4.78 is 40.9. The maximum atomic E-state index is 14.8. The van der Waals surface area contributed by atoms with E-state index in [0.29, 0.717) is 0 Å². The molecule has 2 rings (SSSR count). The highest BCUT2D eigenvalue weighted by Crippen LogP contribution is 2.32. The van der Waals surface area contributed by atoms with Gasteiger partial charge in [-0.05, 0) is 39.3 Å². The Morgan fingerprint density at radius 3 is 2.21 bits per heavy atom. The van der Waals surface area contributed by atoms with Crippen molar-refractivity contribution in [2.75, 3.05) is 7.11 Å². The average Bonchev–Trinajstić information content (AvgIpc) is 2.68. The Kier molecular flexibility index (Phi) is 7.68. The summed E-state index contributed by atoms with van der Waals surface area (Å²) in [6.07, 6.45) is -1.24. The summed E-state index contributed by atoms with van der Waals surface area (Å²) in [6.45, 7) is 7.07. The lowest BCUT2D eigenvalue weighted by Crippen LogP contribution is -2.57. The second-order valence-corrected chi connectivity index (χ2v) is 9.83. The molecule has 0 saturated carbocycles. The molecule has 0 heterocycles. The van der Waals surface area contributed by atoms with Gasteiger partial charge in [0.15, 0.2) is 6.10 Å². The summed E-state index contributed by atoms with van der Waals surface area (Å²) in [4.78, 5) is 12.7. The number of carbonyl (C=O) groups is 1. The summed E-state index contributed by atoms with van der Waals surface area (Å²) in [5.74, 6) is -1.23. The van der Waals surface area contributed by atoms with Gasteiger partial charge in [0.05, 0.1) is 35.0 Å². The molecule has 0 aliphatic rings. The minimum atomic E-state index is -1.61. The summed E-state index contributed by atoms with van der Waals surface area (Å²) in [5, 5.41) is 0. The Balaban J connectivity index is 2.50. The van der Waals surface area contributed by atoms with E-state index in [9.17, 15) is 13.4 Å². The van der Waals surface area contributed by atoms with E-state index >= 15 is 0 Å². The molecule has 0 aliphatic carbocycles. The first-order valence-corrected chi connectivity index (χ1v) is 10.4. The molecule has 3 unspecified atom stereocenters. The quantitative estimate of drug-likeness (QED) is 0.658. The van der Waals surface area contributed by atoms with Gasteiger partial charge in [0.2, 0.25) is 0 Å². The normalized spacial score (nSPS) is 15.9. The van der Waals surface area contributed by atoms with E-state index in [4.69, 9.17) is 9.47 Å². The second kappa shape index (κ2) is 9.61. The lowest BCUT2D eigenvalue weighted by atomic mass is 9.86. The average molecular weight is 422 g/mol. The van der Waals surface area contributed by atoms with Gasteiger partial charge in [0.25, 0.3) is 0 Å². The molecule has 0 spiro atoms. The first-order chi connectivity index (χ1) is 13.6. The highest BCUT2D eigenvalue weighted by atomic mass is 32.2. The number of halogens is 1. The van der Waals surface area contributed by atoms with Gasteiger partial charge in [-0.1, -0.05) is 48.5 Å². The number of hydrogen-bond donors (Lipinski definition) is 1. The van der Waals surface area contributed by atoms with Gasteiger partial charge in [0.1, 0.15) is 5.82 Å². The number of ether oxygens (including phenoxy) is 2. The third kappa shape index (κ3) is 5.72. The SMILES string of the molecule is COC(=O)C(OCc1ccccc1)C(C)(NS(=O)C(C)(C)C)c1ccccc1F. The van der Waals surface area contributed by atoms with Crippen molar-refractivity contribution in [3.8, 4) is 0 Å². The Labute approximate surface area is 174 Å². The third-order valence-corrected chi connectivity index (χ3v) is 6.22. The molecule has 2 aromatic rings. The van der Waals surface area contributed by atoms with Gasteiger partial charge in [-0.25, -0.2) is 18.1 Å². The van der Waals surface area contributed by atoms with Crippen molar-refractivity contribution in [1.29, 1.82) is 0 Å².